The molecule has 0 aliphatic carbocycles. The molecule has 0 saturated carbocycles. The van der Waals surface area contributed by atoms with Crippen LogP contribution >= 0.6 is 31.9 Å². The van der Waals surface area contributed by atoms with E-state index in [0.717, 1.165) is 5.56 Å². The largest absolute Gasteiger partial charge is 0.394 e. The normalized spacial score (nSPS) is 10.3. The minimum absolute atomic E-state index is 0.493. The Hall–Kier alpha value is -1.01. The molecular formula is C9H6Br2N4. The van der Waals surface area contributed by atoms with Gasteiger partial charge in [-0.25, -0.2) is 9.97 Å². The number of halogens is 2. The summed E-state index contributed by atoms with van der Waals surface area (Å²) in [6.45, 7) is 0. The zero-order chi connectivity index (χ0) is 10.8. The summed E-state index contributed by atoms with van der Waals surface area (Å²) in [4.78, 5) is 12.4. The molecule has 2 heterocycles. The van der Waals surface area contributed by atoms with E-state index in [-0.39, 0.29) is 0 Å². The highest BCUT2D eigenvalue weighted by atomic mass is 79.9. The van der Waals surface area contributed by atoms with E-state index in [2.05, 4.69) is 46.8 Å². The van der Waals surface area contributed by atoms with Crippen LogP contribution in [0.4, 0.5) is 5.69 Å². The van der Waals surface area contributed by atoms with Crippen molar-refractivity contribution in [1.82, 2.24) is 15.0 Å². The van der Waals surface area contributed by atoms with E-state index >= 15 is 0 Å². The van der Waals surface area contributed by atoms with E-state index in [0.29, 0.717) is 20.7 Å². The summed E-state index contributed by atoms with van der Waals surface area (Å²) in [5.41, 5.74) is 7.09. The monoisotopic (exact) mass is 328 g/mol. The maximum Gasteiger partial charge on any atom is 0.161 e. The lowest BCUT2D eigenvalue weighted by Gasteiger charge is -2.04. The van der Waals surface area contributed by atoms with E-state index < -0.39 is 0 Å². The topological polar surface area (TPSA) is 64.7 Å². The van der Waals surface area contributed by atoms with Crippen molar-refractivity contribution in [3.63, 3.8) is 0 Å². The number of pyridine rings is 1. The number of aromatic nitrogens is 3. The van der Waals surface area contributed by atoms with Crippen molar-refractivity contribution in [1.29, 1.82) is 0 Å². The van der Waals surface area contributed by atoms with Crippen LogP contribution in [0.15, 0.2) is 33.7 Å². The highest BCUT2D eigenvalue weighted by Crippen LogP contribution is 2.27. The maximum absolute atomic E-state index is 5.70. The van der Waals surface area contributed by atoms with Crippen LogP contribution < -0.4 is 5.73 Å². The number of nitrogen functional groups attached to an aromatic ring is 1. The lowest BCUT2D eigenvalue weighted by molar-refractivity contribution is 1.12. The summed E-state index contributed by atoms with van der Waals surface area (Å²) in [5, 5.41) is 0. The first-order chi connectivity index (χ1) is 7.18. The third-order valence-corrected chi connectivity index (χ3v) is 3.00. The fourth-order valence-electron chi connectivity index (χ4n) is 1.05. The quantitative estimate of drug-likeness (QED) is 0.817. The van der Waals surface area contributed by atoms with Gasteiger partial charge in [0.25, 0.3) is 0 Å². The number of rotatable bonds is 1. The van der Waals surface area contributed by atoms with Crippen LogP contribution in [0, 0.1) is 0 Å². The molecule has 0 aliphatic heterocycles. The van der Waals surface area contributed by atoms with Gasteiger partial charge in [0.2, 0.25) is 0 Å². The average Bonchev–Trinajstić information content (AvgIpc) is 2.26. The molecule has 76 valence electrons. The first kappa shape index (κ1) is 10.5. The van der Waals surface area contributed by atoms with E-state index in [9.17, 15) is 0 Å². The molecule has 4 nitrogen and oxygen atoms in total. The Kier molecular flexibility index (Phi) is 2.97. The van der Waals surface area contributed by atoms with Crippen LogP contribution in [-0.4, -0.2) is 15.0 Å². The molecule has 0 spiro atoms. The molecule has 15 heavy (non-hydrogen) atoms. The van der Waals surface area contributed by atoms with Gasteiger partial charge < -0.3 is 5.73 Å². The van der Waals surface area contributed by atoms with Crippen LogP contribution in [0.25, 0.3) is 11.4 Å². The fourth-order valence-corrected chi connectivity index (χ4v) is 2.02. The molecule has 2 rings (SSSR count). The Morgan fingerprint density at radius 2 is 1.53 bits per heavy atom. The molecule has 2 N–H and O–H groups in total. The molecule has 0 amide bonds. The van der Waals surface area contributed by atoms with Crippen LogP contribution in [0.5, 0.6) is 0 Å². The number of nitrogens with zero attached hydrogens (tertiary/aromatic N) is 3. The Balaban J connectivity index is 2.56. The first-order valence-electron chi connectivity index (χ1n) is 4.07. The minimum atomic E-state index is 0.493. The molecule has 2 aromatic rings. The first-order valence-corrected chi connectivity index (χ1v) is 5.66. The SMILES string of the molecule is Nc1c(Br)nc(-c2ccncc2)nc1Br. The van der Waals surface area contributed by atoms with Crippen LogP contribution in [-0.2, 0) is 0 Å². The van der Waals surface area contributed by atoms with E-state index in [1.165, 1.54) is 0 Å². The van der Waals surface area contributed by atoms with E-state index in [1.807, 2.05) is 12.1 Å². The fraction of sp³-hybridized carbons (Fsp3) is 0. The molecule has 0 bridgehead atoms. The standard InChI is InChI=1S/C9H6Br2N4/c10-7-6(12)8(11)15-9(14-7)5-1-3-13-4-2-5/h1-4H,12H2. The van der Waals surface area contributed by atoms with Crippen molar-refractivity contribution in [2.24, 2.45) is 0 Å². The lowest BCUT2D eigenvalue weighted by Crippen LogP contribution is -1.97. The summed E-state index contributed by atoms with van der Waals surface area (Å²) in [6, 6.07) is 3.68. The molecule has 2 aromatic heterocycles. The highest BCUT2D eigenvalue weighted by molar-refractivity contribution is 9.11. The lowest BCUT2D eigenvalue weighted by atomic mass is 10.2. The molecule has 0 aliphatic rings. The smallest absolute Gasteiger partial charge is 0.161 e. The number of hydrogen-bond acceptors (Lipinski definition) is 4. The molecule has 0 saturated heterocycles. The third kappa shape index (κ3) is 2.15. The maximum atomic E-state index is 5.70. The van der Waals surface area contributed by atoms with Crippen molar-refractivity contribution in [3.05, 3.63) is 33.7 Å². The van der Waals surface area contributed by atoms with E-state index in [4.69, 9.17) is 5.73 Å². The van der Waals surface area contributed by atoms with Crippen molar-refractivity contribution in [2.45, 2.75) is 0 Å². The van der Waals surface area contributed by atoms with Gasteiger partial charge in [-0.3, -0.25) is 4.98 Å². The number of nitrogens with two attached hydrogens (primary N) is 1. The van der Waals surface area contributed by atoms with Gasteiger partial charge in [0.15, 0.2) is 5.82 Å². The van der Waals surface area contributed by atoms with Crippen molar-refractivity contribution in [2.75, 3.05) is 5.73 Å². The van der Waals surface area contributed by atoms with Gasteiger partial charge in [0.05, 0.1) is 5.69 Å². The predicted octanol–water partition coefficient (Wildman–Crippen LogP) is 2.65. The Labute approximate surface area is 103 Å². The van der Waals surface area contributed by atoms with E-state index in [1.54, 1.807) is 12.4 Å². The van der Waals surface area contributed by atoms with Gasteiger partial charge in [-0.15, -0.1) is 0 Å². The minimum Gasteiger partial charge on any atom is -0.394 e. The van der Waals surface area contributed by atoms with Gasteiger partial charge >= 0.3 is 0 Å². The summed E-state index contributed by atoms with van der Waals surface area (Å²) in [7, 11) is 0. The Morgan fingerprint density at radius 1 is 1.00 bits per heavy atom. The van der Waals surface area contributed by atoms with Crippen LogP contribution in [0.2, 0.25) is 0 Å². The Morgan fingerprint density at radius 3 is 2.07 bits per heavy atom. The summed E-state index contributed by atoms with van der Waals surface area (Å²) in [5.74, 6) is 0.602. The number of anilines is 1. The second-order valence-corrected chi connectivity index (χ2v) is 4.28. The Bertz CT molecular complexity index is 464. The third-order valence-electron chi connectivity index (χ3n) is 1.79. The zero-order valence-corrected chi connectivity index (χ0v) is 10.7. The molecule has 0 radical (unpaired) electrons. The predicted molar refractivity (Wildman–Crippen MR) is 65.1 cm³/mol. The van der Waals surface area contributed by atoms with Gasteiger partial charge in [0.1, 0.15) is 9.21 Å². The summed E-state index contributed by atoms with van der Waals surface area (Å²) in [6.07, 6.45) is 3.38. The zero-order valence-electron chi connectivity index (χ0n) is 7.48. The molecule has 0 aromatic carbocycles. The molecular weight excluding hydrogens is 324 g/mol. The number of hydrogen-bond donors (Lipinski definition) is 1. The van der Waals surface area contributed by atoms with Gasteiger partial charge in [0, 0.05) is 18.0 Å². The molecule has 0 fully saturated rings. The van der Waals surface area contributed by atoms with Gasteiger partial charge in [-0.05, 0) is 44.0 Å². The molecule has 6 heteroatoms. The van der Waals surface area contributed by atoms with Crippen molar-refractivity contribution in [3.8, 4) is 11.4 Å². The second kappa shape index (κ2) is 4.24. The average molecular weight is 330 g/mol. The highest BCUT2D eigenvalue weighted by Gasteiger charge is 2.08. The van der Waals surface area contributed by atoms with Crippen molar-refractivity contribution < 1.29 is 0 Å². The van der Waals surface area contributed by atoms with Crippen LogP contribution in [0.3, 0.4) is 0 Å². The van der Waals surface area contributed by atoms with Gasteiger partial charge in [-0.1, -0.05) is 0 Å². The van der Waals surface area contributed by atoms with Crippen LogP contribution in [0.1, 0.15) is 0 Å². The summed E-state index contributed by atoms with van der Waals surface area (Å²) < 4.78 is 1.16. The second-order valence-electron chi connectivity index (χ2n) is 2.78. The van der Waals surface area contributed by atoms with Gasteiger partial charge in [-0.2, -0.15) is 0 Å². The molecule has 0 atom stereocenters. The molecule has 0 unspecified atom stereocenters. The summed E-state index contributed by atoms with van der Waals surface area (Å²) >= 11 is 6.54. The van der Waals surface area contributed by atoms with Crippen molar-refractivity contribution >= 4 is 37.5 Å².